The van der Waals surface area contributed by atoms with Gasteiger partial charge in [-0.15, -0.1) is 0 Å². The van der Waals surface area contributed by atoms with Gasteiger partial charge in [0.1, 0.15) is 0 Å². The zero-order valence-electron chi connectivity index (χ0n) is 12.2. The van der Waals surface area contributed by atoms with E-state index >= 15 is 0 Å². The molecule has 0 fully saturated rings. The van der Waals surface area contributed by atoms with Crippen molar-refractivity contribution in [1.29, 1.82) is 0 Å². The summed E-state index contributed by atoms with van der Waals surface area (Å²) in [6.45, 7) is 1.98. The summed E-state index contributed by atoms with van der Waals surface area (Å²) in [5.41, 5.74) is 2.64. The lowest BCUT2D eigenvalue weighted by atomic mass is 10.1. The Bertz CT molecular complexity index is 829. The van der Waals surface area contributed by atoms with Crippen molar-refractivity contribution in [3.8, 4) is 5.69 Å². The van der Waals surface area contributed by atoms with Crippen LogP contribution in [0.5, 0.6) is 0 Å². The number of carbonyl (C=O) groups is 1. The van der Waals surface area contributed by atoms with E-state index in [0.717, 1.165) is 11.3 Å². The molecule has 0 N–H and O–H groups in total. The molecule has 0 saturated carbocycles. The summed E-state index contributed by atoms with van der Waals surface area (Å²) in [4.78, 5) is 16.2. The molecule has 3 aromatic rings. The molecule has 0 aliphatic heterocycles. The lowest BCUT2D eigenvalue weighted by molar-refractivity contribution is 0.0998. The van der Waals surface area contributed by atoms with Crippen molar-refractivity contribution >= 4 is 5.91 Å². The van der Waals surface area contributed by atoms with E-state index in [1.54, 1.807) is 35.3 Å². The van der Waals surface area contributed by atoms with Gasteiger partial charge in [-0.3, -0.25) is 4.79 Å². The molecule has 0 unspecified atom stereocenters. The van der Waals surface area contributed by atoms with Crippen LogP contribution in [0.1, 0.15) is 15.9 Å². The lowest BCUT2D eigenvalue weighted by Crippen LogP contribution is -2.11. The Kier molecular flexibility index (Phi) is 3.92. The average molecular weight is 289 g/mol. The molecular formula is C18H15N3O. The number of aromatic nitrogens is 2. The Morgan fingerprint density at radius 3 is 2.36 bits per heavy atom. The molecule has 108 valence electrons. The van der Waals surface area contributed by atoms with E-state index in [1.165, 1.54) is 0 Å². The van der Waals surface area contributed by atoms with Gasteiger partial charge >= 0.3 is 0 Å². The maximum absolute atomic E-state index is 12.1. The number of benzene rings is 2. The zero-order chi connectivity index (χ0) is 15.4. The monoisotopic (exact) mass is 289 g/mol. The molecule has 3 rings (SSSR count). The van der Waals surface area contributed by atoms with Crippen LogP contribution in [-0.2, 0) is 0 Å². The van der Waals surface area contributed by atoms with Crippen molar-refractivity contribution in [2.24, 2.45) is 4.99 Å². The fourth-order valence-electron chi connectivity index (χ4n) is 2.03. The van der Waals surface area contributed by atoms with E-state index in [2.05, 4.69) is 10.1 Å². The van der Waals surface area contributed by atoms with Crippen molar-refractivity contribution < 1.29 is 4.79 Å². The fourth-order valence-corrected chi connectivity index (χ4v) is 2.03. The second-order valence-electron chi connectivity index (χ2n) is 4.95. The van der Waals surface area contributed by atoms with Crippen molar-refractivity contribution in [3.05, 3.63) is 89.5 Å². The Hall–Kier alpha value is -3.01. The topological polar surface area (TPSA) is 47.2 Å². The van der Waals surface area contributed by atoms with E-state index in [1.807, 2.05) is 49.4 Å². The second kappa shape index (κ2) is 6.18. The first-order valence-corrected chi connectivity index (χ1v) is 6.98. The fraction of sp³-hybridized carbons (Fsp3) is 0.0556. The first-order valence-electron chi connectivity index (χ1n) is 6.98. The average Bonchev–Trinajstić information content (AvgIpc) is 2.57. The third-order valence-electron chi connectivity index (χ3n) is 3.25. The minimum absolute atomic E-state index is 0.265. The normalized spacial score (nSPS) is 11.4. The highest BCUT2D eigenvalue weighted by Gasteiger charge is 2.02. The summed E-state index contributed by atoms with van der Waals surface area (Å²) >= 11 is 0. The van der Waals surface area contributed by atoms with Gasteiger partial charge < -0.3 is 0 Å². The van der Waals surface area contributed by atoms with E-state index < -0.39 is 0 Å². The molecule has 4 nitrogen and oxygen atoms in total. The third kappa shape index (κ3) is 3.17. The number of aryl methyl sites for hydroxylation is 1. The Morgan fingerprint density at radius 2 is 1.73 bits per heavy atom. The summed E-state index contributed by atoms with van der Waals surface area (Å²) in [6.07, 6.45) is 3.37. The molecule has 0 atom stereocenters. The Balaban J connectivity index is 1.86. The van der Waals surface area contributed by atoms with Crippen LogP contribution >= 0.6 is 0 Å². The Morgan fingerprint density at radius 1 is 1.00 bits per heavy atom. The SMILES string of the molecule is Cc1ccc(C(=O)N=c2ccn(-c3ccccc3)nc2)cc1. The van der Waals surface area contributed by atoms with Gasteiger partial charge in [-0.1, -0.05) is 35.9 Å². The largest absolute Gasteiger partial charge is 0.277 e. The van der Waals surface area contributed by atoms with Crippen LogP contribution in [0, 0.1) is 6.92 Å². The molecule has 4 heteroatoms. The standard InChI is InChI=1S/C18H15N3O/c1-14-7-9-15(10-8-14)18(22)20-16-11-12-21(19-13-16)17-5-3-2-4-6-17/h2-13H,1H3. The predicted octanol–water partition coefficient (Wildman–Crippen LogP) is 2.92. The minimum atomic E-state index is -0.265. The molecule has 0 saturated heterocycles. The lowest BCUT2D eigenvalue weighted by Gasteiger charge is -2.03. The van der Waals surface area contributed by atoms with Crippen molar-refractivity contribution in [1.82, 2.24) is 9.78 Å². The summed E-state index contributed by atoms with van der Waals surface area (Å²) in [5.74, 6) is -0.265. The summed E-state index contributed by atoms with van der Waals surface area (Å²) < 4.78 is 1.73. The molecule has 0 bridgehead atoms. The van der Waals surface area contributed by atoms with Crippen LogP contribution in [0.15, 0.2) is 78.0 Å². The number of para-hydroxylation sites is 1. The summed E-state index contributed by atoms with van der Waals surface area (Å²) in [7, 11) is 0. The molecule has 1 heterocycles. The summed E-state index contributed by atoms with van der Waals surface area (Å²) in [5, 5.41) is 4.82. The van der Waals surface area contributed by atoms with E-state index in [-0.39, 0.29) is 5.91 Å². The highest BCUT2D eigenvalue weighted by Crippen LogP contribution is 2.05. The quantitative estimate of drug-likeness (QED) is 0.728. The van der Waals surface area contributed by atoms with Crippen molar-refractivity contribution in [2.75, 3.05) is 0 Å². The van der Waals surface area contributed by atoms with Gasteiger partial charge in [-0.2, -0.15) is 5.10 Å². The van der Waals surface area contributed by atoms with E-state index in [0.29, 0.717) is 10.9 Å². The highest BCUT2D eigenvalue weighted by atomic mass is 16.1. The van der Waals surface area contributed by atoms with Gasteiger partial charge in [-0.05, 0) is 37.3 Å². The van der Waals surface area contributed by atoms with Gasteiger partial charge in [0, 0.05) is 11.8 Å². The third-order valence-corrected chi connectivity index (χ3v) is 3.25. The molecule has 0 spiro atoms. The van der Waals surface area contributed by atoms with Crippen molar-refractivity contribution in [3.63, 3.8) is 0 Å². The molecule has 0 aliphatic carbocycles. The van der Waals surface area contributed by atoms with E-state index in [9.17, 15) is 4.79 Å². The van der Waals surface area contributed by atoms with Gasteiger partial charge in [-0.25, -0.2) is 9.67 Å². The number of hydrogen-bond acceptors (Lipinski definition) is 2. The zero-order valence-corrected chi connectivity index (χ0v) is 12.2. The van der Waals surface area contributed by atoms with Gasteiger partial charge in [0.25, 0.3) is 5.91 Å². The maximum atomic E-state index is 12.1. The van der Waals surface area contributed by atoms with Crippen LogP contribution in [-0.4, -0.2) is 15.7 Å². The van der Waals surface area contributed by atoms with Crippen LogP contribution in [0.2, 0.25) is 0 Å². The molecular weight excluding hydrogens is 274 g/mol. The van der Waals surface area contributed by atoms with E-state index in [4.69, 9.17) is 0 Å². The van der Waals surface area contributed by atoms with Crippen LogP contribution in [0.4, 0.5) is 0 Å². The number of carbonyl (C=O) groups excluding carboxylic acids is 1. The van der Waals surface area contributed by atoms with Gasteiger partial charge in [0.15, 0.2) is 0 Å². The van der Waals surface area contributed by atoms with Gasteiger partial charge in [0.05, 0.1) is 17.2 Å². The molecule has 0 radical (unpaired) electrons. The van der Waals surface area contributed by atoms with Crippen LogP contribution < -0.4 is 5.36 Å². The summed E-state index contributed by atoms with van der Waals surface area (Å²) in [6, 6.07) is 18.9. The minimum Gasteiger partial charge on any atom is -0.267 e. The first kappa shape index (κ1) is 13.9. The molecule has 1 aromatic heterocycles. The van der Waals surface area contributed by atoms with Crippen LogP contribution in [0.25, 0.3) is 5.69 Å². The number of rotatable bonds is 2. The molecule has 22 heavy (non-hydrogen) atoms. The highest BCUT2D eigenvalue weighted by molar-refractivity contribution is 5.94. The smallest absolute Gasteiger partial charge is 0.267 e. The molecule has 1 amide bonds. The number of nitrogens with zero attached hydrogens (tertiary/aromatic N) is 3. The Labute approximate surface area is 128 Å². The number of hydrogen-bond donors (Lipinski definition) is 0. The van der Waals surface area contributed by atoms with Crippen molar-refractivity contribution in [2.45, 2.75) is 6.92 Å². The first-order chi connectivity index (χ1) is 10.7. The molecule has 2 aromatic carbocycles. The van der Waals surface area contributed by atoms with Gasteiger partial charge in [0.2, 0.25) is 0 Å². The molecule has 0 aliphatic rings. The number of amides is 1. The van der Waals surface area contributed by atoms with Crippen LogP contribution in [0.3, 0.4) is 0 Å². The predicted molar refractivity (Wildman–Crippen MR) is 84.6 cm³/mol. The second-order valence-corrected chi connectivity index (χ2v) is 4.95. The maximum Gasteiger partial charge on any atom is 0.277 e.